The van der Waals surface area contributed by atoms with Gasteiger partial charge >= 0.3 is 6.09 Å². The largest absolute Gasteiger partial charge is 0.491 e. The molecule has 0 aromatic heterocycles. The number of nitrogens with one attached hydrogen (secondary N) is 1. The smallest absolute Gasteiger partial charge is 0.408 e. The van der Waals surface area contributed by atoms with Crippen LogP contribution in [0.1, 0.15) is 26.3 Å². The van der Waals surface area contributed by atoms with Crippen LogP contribution in [0.25, 0.3) is 0 Å². The second-order valence-electron chi connectivity index (χ2n) is 6.02. The number of carbonyl (C=O) groups excluding carboxylic acids is 1. The van der Waals surface area contributed by atoms with Gasteiger partial charge < -0.3 is 19.5 Å². The van der Waals surface area contributed by atoms with E-state index in [4.69, 9.17) is 14.2 Å². The molecule has 1 unspecified atom stereocenters. The Balaban J connectivity index is 2.56. The predicted octanol–water partition coefficient (Wildman–Crippen LogP) is 3.68. The van der Waals surface area contributed by atoms with Gasteiger partial charge in [-0.1, -0.05) is 15.9 Å². The minimum Gasteiger partial charge on any atom is -0.491 e. The molecule has 0 aliphatic rings. The van der Waals surface area contributed by atoms with Crippen LogP contribution in [-0.4, -0.2) is 38.1 Å². The number of hydrogen-bond donors (Lipinski definition) is 1. The molecule has 0 saturated heterocycles. The maximum Gasteiger partial charge on any atom is 0.408 e. The number of carbonyl (C=O) groups is 1. The fraction of sp³-hybridized carbons (Fsp3) is 0.562. The lowest BCUT2D eigenvalue weighted by atomic mass is 10.2. The van der Waals surface area contributed by atoms with Crippen molar-refractivity contribution in [2.24, 2.45) is 0 Å². The fourth-order valence-electron chi connectivity index (χ4n) is 1.71. The summed E-state index contributed by atoms with van der Waals surface area (Å²) in [6, 6.07) is 5.44. The molecule has 0 aliphatic carbocycles. The minimum absolute atomic E-state index is 0.288. The molecule has 124 valence electrons. The number of hydrogen-bond acceptors (Lipinski definition) is 4. The third-order valence-corrected chi connectivity index (χ3v) is 3.56. The summed E-state index contributed by atoms with van der Waals surface area (Å²) in [5.74, 6) is 0.743. The monoisotopic (exact) mass is 373 g/mol. The Labute approximate surface area is 140 Å². The van der Waals surface area contributed by atoms with Crippen molar-refractivity contribution in [3.8, 4) is 5.75 Å². The lowest BCUT2D eigenvalue weighted by Crippen LogP contribution is -2.44. The first-order chi connectivity index (χ1) is 10.2. The molecule has 1 amide bonds. The molecule has 0 saturated carbocycles. The van der Waals surface area contributed by atoms with Crippen LogP contribution in [0.2, 0.25) is 0 Å². The van der Waals surface area contributed by atoms with E-state index in [0.717, 1.165) is 15.8 Å². The minimum atomic E-state index is -0.536. The summed E-state index contributed by atoms with van der Waals surface area (Å²) in [6.45, 7) is 8.09. The van der Waals surface area contributed by atoms with Crippen LogP contribution in [-0.2, 0) is 9.47 Å². The van der Waals surface area contributed by atoms with E-state index in [0.29, 0.717) is 13.2 Å². The highest BCUT2D eigenvalue weighted by Gasteiger charge is 2.20. The molecular weight excluding hydrogens is 350 g/mol. The molecule has 1 atom stereocenters. The van der Waals surface area contributed by atoms with E-state index in [1.807, 2.05) is 45.9 Å². The van der Waals surface area contributed by atoms with E-state index in [2.05, 4.69) is 21.2 Å². The van der Waals surface area contributed by atoms with Gasteiger partial charge in [0.05, 0.1) is 12.6 Å². The Bertz CT molecular complexity index is 499. The van der Waals surface area contributed by atoms with Gasteiger partial charge in [0.25, 0.3) is 0 Å². The average molecular weight is 374 g/mol. The zero-order valence-electron chi connectivity index (χ0n) is 13.7. The number of aryl methyl sites for hydroxylation is 1. The van der Waals surface area contributed by atoms with Gasteiger partial charge in [0.1, 0.15) is 18.0 Å². The second kappa shape index (κ2) is 8.39. The van der Waals surface area contributed by atoms with E-state index < -0.39 is 11.7 Å². The van der Waals surface area contributed by atoms with Gasteiger partial charge in [0.15, 0.2) is 0 Å². The number of ether oxygens (including phenoxy) is 3. The Morgan fingerprint density at radius 2 is 2.00 bits per heavy atom. The predicted molar refractivity (Wildman–Crippen MR) is 89.4 cm³/mol. The van der Waals surface area contributed by atoms with Gasteiger partial charge in [-0.2, -0.15) is 0 Å². The zero-order chi connectivity index (χ0) is 16.8. The molecule has 0 aliphatic heterocycles. The van der Waals surface area contributed by atoms with Crippen LogP contribution >= 0.6 is 15.9 Å². The van der Waals surface area contributed by atoms with Gasteiger partial charge in [-0.25, -0.2) is 4.79 Å². The normalized spacial score (nSPS) is 12.6. The highest BCUT2D eigenvalue weighted by Crippen LogP contribution is 2.21. The third-order valence-electron chi connectivity index (χ3n) is 2.67. The topological polar surface area (TPSA) is 56.8 Å². The van der Waals surface area contributed by atoms with E-state index in [-0.39, 0.29) is 6.04 Å². The number of benzene rings is 1. The summed E-state index contributed by atoms with van der Waals surface area (Å²) in [7, 11) is 1.58. The number of halogens is 1. The number of methoxy groups -OCH3 is 1. The van der Waals surface area contributed by atoms with E-state index in [1.54, 1.807) is 7.11 Å². The van der Waals surface area contributed by atoms with Gasteiger partial charge in [-0.3, -0.25) is 0 Å². The van der Waals surface area contributed by atoms with Gasteiger partial charge in [0.2, 0.25) is 0 Å². The molecule has 0 fully saturated rings. The summed E-state index contributed by atoms with van der Waals surface area (Å²) < 4.78 is 17.1. The van der Waals surface area contributed by atoms with Crippen molar-refractivity contribution in [2.75, 3.05) is 20.3 Å². The third kappa shape index (κ3) is 7.13. The number of amides is 1. The van der Waals surface area contributed by atoms with Crippen LogP contribution in [0, 0.1) is 6.92 Å². The van der Waals surface area contributed by atoms with Crippen molar-refractivity contribution < 1.29 is 19.0 Å². The van der Waals surface area contributed by atoms with Crippen molar-refractivity contribution in [3.05, 3.63) is 28.2 Å². The Morgan fingerprint density at radius 3 is 2.55 bits per heavy atom. The van der Waals surface area contributed by atoms with E-state index in [9.17, 15) is 4.79 Å². The molecule has 0 heterocycles. The molecule has 1 aromatic carbocycles. The molecule has 5 nitrogen and oxygen atoms in total. The molecule has 1 rings (SSSR count). The van der Waals surface area contributed by atoms with Crippen molar-refractivity contribution in [1.82, 2.24) is 5.32 Å². The quantitative estimate of drug-likeness (QED) is 0.826. The zero-order valence-corrected chi connectivity index (χ0v) is 15.3. The average Bonchev–Trinajstić information content (AvgIpc) is 2.38. The molecule has 0 radical (unpaired) electrons. The first-order valence-electron chi connectivity index (χ1n) is 7.08. The summed E-state index contributed by atoms with van der Waals surface area (Å²) in [5.41, 5.74) is 0.548. The highest BCUT2D eigenvalue weighted by molar-refractivity contribution is 9.10. The molecular formula is C16H24BrNO4. The van der Waals surface area contributed by atoms with Crippen molar-refractivity contribution in [3.63, 3.8) is 0 Å². The maximum atomic E-state index is 11.8. The van der Waals surface area contributed by atoms with E-state index >= 15 is 0 Å². The molecule has 0 spiro atoms. The maximum absolute atomic E-state index is 11.8. The van der Waals surface area contributed by atoms with Gasteiger partial charge in [-0.15, -0.1) is 0 Å². The van der Waals surface area contributed by atoms with Crippen molar-refractivity contribution in [2.45, 2.75) is 39.3 Å². The Hall–Kier alpha value is -1.27. The molecule has 1 aromatic rings. The number of alkyl carbamates (subject to hydrolysis) is 1. The molecule has 6 heteroatoms. The first-order valence-corrected chi connectivity index (χ1v) is 7.88. The molecule has 0 bridgehead atoms. The standard InChI is InChI=1S/C16H24BrNO4/c1-11-8-13(6-7-14(11)17)21-10-12(9-20-5)18-15(19)22-16(2,3)4/h6-8,12H,9-10H2,1-5H3,(H,18,19). The van der Waals surface area contributed by atoms with Crippen LogP contribution < -0.4 is 10.1 Å². The van der Waals surface area contributed by atoms with Crippen molar-refractivity contribution in [1.29, 1.82) is 0 Å². The second-order valence-corrected chi connectivity index (χ2v) is 6.87. The lowest BCUT2D eigenvalue weighted by Gasteiger charge is -2.23. The van der Waals surface area contributed by atoms with Crippen LogP contribution in [0.4, 0.5) is 4.79 Å². The van der Waals surface area contributed by atoms with Crippen molar-refractivity contribution >= 4 is 22.0 Å². The number of rotatable bonds is 6. The summed E-state index contributed by atoms with van der Waals surface area (Å²) >= 11 is 3.45. The van der Waals surface area contributed by atoms with Crippen LogP contribution in [0.5, 0.6) is 5.75 Å². The summed E-state index contributed by atoms with van der Waals surface area (Å²) in [4.78, 5) is 11.8. The molecule has 22 heavy (non-hydrogen) atoms. The Morgan fingerprint density at radius 1 is 1.32 bits per heavy atom. The fourth-order valence-corrected chi connectivity index (χ4v) is 1.96. The summed E-state index contributed by atoms with van der Waals surface area (Å²) in [6.07, 6.45) is -0.481. The van der Waals surface area contributed by atoms with Crippen LogP contribution in [0.15, 0.2) is 22.7 Å². The van der Waals surface area contributed by atoms with Gasteiger partial charge in [0, 0.05) is 11.6 Å². The van der Waals surface area contributed by atoms with Gasteiger partial charge in [-0.05, 0) is 51.5 Å². The SMILES string of the molecule is COCC(COc1ccc(Br)c(C)c1)NC(=O)OC(C)(C)C. The van der Waals surface area contributed by atoms with Crippen LogP contribution in [0.3, 0.4) is 0 Å². The highest BCUT2D eigenvalue weighted by atomic mass is 79.9. The molecule has 1 N–H and O–H groups in total. The summed E-state index contributed by atoms with van der Waals surface area (Å²) in [5, 5.41) is 2.75. The Kier molecular flexibility index (Phi) is 7.16. The lowest BCUT2D eigenvalue weighted by molar-refractivity contribution is 0.0438. The first kappa shape index (κ1) is 18.8. The van der Waals surface area contributed by atoms with E-state index in [1.165, 1.54) is 0 Å².